The first-order valence-corrected chi connectivity index (χ1v) is 7.90. The van der Waals surface area contributed by atoms with Crippen LogP contribution in [0.2, 0.25) is 0 Å². The van der Waals surface area contributed by atoms with Crippen molar-refractivity contribution in [1.82, 2.24) is 5.01 Å². The van der Waals surface area contributed by atoms with Gasteiger partial charge in [0.2, 0.25) is 0 Å². The normalized spacial score (nSPS) is 15.1. The molecule has 0 amide bonds. The second kappa shape index (κ2) is 7.21. The SMILES string of the molecule is CC(=O)c1ccc(N=NN2CCN(c3ccc(F)cc3)CC2)cc1. The van der Waals surface area contributed by atoms with E-state index in [1.54, 1.807) is 36.4 Å². The Morgan fingerprint density at radius 1 is 0.958 bits per heavy atom. The monoisotopic (exact) mass is 326 g/mol. The molecule has 5 nitrogen and oxygen atoms in total. The van der Waals surface area contributed by atoms with E-state index in [-0.39, 0.29) is 11.6 Å². The topological polar surface area (TPSA) is 48.3 Å². The van der Waals surface area contributed by atoms with Gasteiger partial charge >= 0.3 is 0 Å². The Hall–Kier alpha value is -2.76. The molecule has 1 fully saturated rings. The van der Waals surface area contributed by atoms with Crippen molar-refractivity contribution in [2.45, 2.75) is 6.92 Å². The molecule has 6 heteroatoms. The fourth-order valence-electron chi connectivity index (χ4n) is 2.57. The van der Waals surface area contributed by atoms with Crippen LogP contribution in [-0.2, 0) is 0 Å². The number of halogens is 1. The number of piperazine rings is 1. The number of hydrogen-bond donors (Lipinski definition) is 0. The summed E-state index contributed by atoms with van der Waals surface area (Å²) in [6.07, 6.45) is 0. The van der Waals surface area contributed by atoms with Crippen molar-refractivity contribution in [1.29, 1.82) is 0 Å². The number of carbonyl (C=O) groups is 1. The van der Waals surface area contributed by atoms with Gasteiger partial charge in [0, 0.05) is 24.3 Å². The minimum atomic E-state index is -0.220. The average molecular weight is 326 g/mol. The Balaban J connectivity index is 1.55. The Morgan fingerprint density at radius 3 is 2.17 bits per heavy atom. The molecule has 1 aliphatic heterocycles. The highest BCUT2D eigenvalue weighted by Crippen LogP contribution is 2.18. The molecule has 0 spiro atoms. The lowest BCUT2D eigenvalue weighted by Gasteiger charge is -2.33. The summed E-state index contributed by atoms with van der Waals surface area (Å²) in [6.45, 7) is 4.68. The van der Waals surface area contributed by atoms with E-state index < -0.39 is 0 Å². The molecule has 0 aromatic heterocycles. The zero-order chi connectivity index (χ0) is 16.9. The number of benzene rings is 2. The summed E-state index contributed by atoms with van der Waals surface area (Å²) in [5.74, 6) is -0.183. The molecule has 2 aromatic carbocycles. The summed E-state index contributed by atoms with van der Waals surface area (Å²) < 4.78 is 13.0. The number of carbonyl (C=O) groups excluding carboxylic acids is 1. The fraction of sp³-hybridized carbons (Fsp3) is 0.278. The summed E-state index contributed by atoms with van der Waals surface area (Å²) in [5.41, 5.74) is 2.41. The van der Waals surface area contributed by atoms with Crippen LogP contribution in [0, 0.1) is 5.82 Å². The van der Waals surface area contributed by atoms with Gasteiger partial charge in [0.15, 0.2) is 5.78 Å². The first-order valence-electron chi connectivity index (χ1n) is 7.90. The molecule has 0 aliphatic carbocycles. The van der Waals surface area contributed by atoms with Gasteiger partial charge in [-0.05, 0) is 55.5 Å². The van der Waals surface area contributed by atoms with E-state index >= 15 is 0 Å². The molecule has 0 atom stereocenters. The molecule has 1 heterocycles. The van der Waals surface area contributed by atoms with E-state index in [0.29, 0.717) is 5.56 Å². The van der Waals surface area contributed by atoms with Gasteiger partial charge in [-0.15, -0.1) is 5.11 Å². The van der Waals surface area contributed by atoms with Gasteiger partial charge in [0.25, 0.3) is 0 Å². The van der Waals surface area contributed by atoms with E-state index in [1.165, 1.54) is 19.1 Å². The lowest BCUT2D eigenvalue weighted by atomic mass is 10.1. The third kappa shape index (κ3) is 3.95. The van der Waals surface area contributed by atoms with Crippen LogP contribution in [0.25, 0.3) is 0 Å². The molecule has 0 radical (unpaired) electrons. The highest BCUT2D eigenvalue weighted by Gasteiger charge is 2.16. The smallest absolute Gasteiger partial charge is 0.159 e. The third-order valence-corrected chi connectivity index (χ3v) is 4.01. The molecule has 124 valence electrons. The van der Waals surface area contributed by atoms with Gasteiger partial charge in [-0.1, -0.05) is 5.22 Å². The molecule has 0 bridgehead atoms. The Bertz CT molecular complexity index is 720. The molecule has 0 unspecified atom stereocenters. The van der Waals surface area contributed by atoms with Crippen LogP contribution in [0.15, 0.2) is 58.9 Å². The minimum Gasteiger partial charge on any atom is -0.368 e. The van der Waals surface area contributed by atoms with Crippen molar-refractivity contribution in [2.24, 2.45) is 10.3 Å². The molecule has 24 heavy (non-hydrogen) atoms. The summed E-state index contributed by atoms with van der Waals surface area (Å²) >= 11 is 0. The molecule has 1 aliphatic rings. The van der Waals surface area contributed by atoms with Crippen molar-refractivity contribution in [3.8, 4) is 0 Å². The Labute approximate surface area is 140 Å². The summed E-state index contributed by atoms with van der Waals surface area (Å²) in [4.78, 5) is 13.4. The minimum absolute atomic E-state index is 0.0374. The molecular formula is C18H19FN4O. The maximum Gasteiger partial charge on any atom is 0.159 e. The van der Waals surface area contributed by atoms with Gasteiger partial charge in [0.05, 0.1) is 18.8 Å². The van der Waals surface area contributed by atoms with Crippen LogP contribution in [-0.4, -0.2) is 37.0 Å². The number of ketones is 1. The third-order valence-electron chi connectivity index (χ3n) is 4.01. The molecule has 0 saturated carbocycles. The van der Waals surface area contributed by atoms with Gasteiger partial charge in [-0.3, -0.25) is 9.80 Å². The number of nitrogens with zero attached hydrogens (tertiary/aromatic N) is 4. The van der Waals surface area contributed by atoms with Gasteiger partial charge in [0.1, 0.15) is 5.82 Å². The quantitative estimate of drug-likeness (QED) is 0.633. The second-order valence-corrected chi connectivity index (χ2v) is 5.71. The van der Waals surface area contributed by atoms with E-state index in [2.05, 4.69) is 15.2 Å². The van der Waals surface area contributed by atoms with Crippen molar-refractivity contribution in [3.05, 3.63) is 59.9 Å². The zero-order valence-corrected chi connectivity index (χ0v) is 13.5. The number of Topliss-reactive ketones (excluding diaryl/α,β-unsaturated/α-hetero) is 1. The van der Waals surface area contributed by atoms with E-state index in [1.807, 2.05) is 5.01 Å². The fourth-order valence-corrected chi connectivity index (χ4v) is 2.57. The van der Waals surface area contributed by atoms with Crippen LogP contribution < -0.4 is 4.90 Å². The van der Waals surface area contributed by atoms with Crippen LogP contribution in [0.5, 0.6) is 0 Å². The lowest BCUT2D eigenvalue weighted by Crippen LogP contribution is -2.43. The molecule has 1 saturated heterocycles. The average Bonchev–Trinajstić information content (AvgIpc) is 2.61. The van der Waals surface area contributed by atoms with Gasteiger partial charge in [-0.25, -0.2) is 4.39 Å². The summed E-state index contributed by atoms with van der Waals surface area (Å²) in [7, 11) is 0. The molecule has 0 N–H and O–H groups in total. The number of rotatable bonds is 4. The summed E-state index contributed by atoms with van der Waals surface area (Å²) in [6, 6.07) is 13.6. The standard InChI is InChI=1S/C18H19FN4O/c1-14(24)15-2-6-17(7-3-15)20-21-23-12-10-22(11-13-23)18-8-4-16(19)5-9-18/h2-9H,10-13H2,1H3. The predicted octanol–water partition coefficient (Wildman–Crippen LogP) is 3.85. The lowest BCUT2D eigenvalue weighted by molar-refractivity contribution is 0.101. The largest absolute Gasteiger partial charge is 0.368 e. The summed E-state index contributed by atoms with van der Waals surface area (Å²) in [5, 5.41) is 10.4. The van der Waals surface area contributed by atoms with E-state index in [0.717, 1.165) is 37.6 Å². The molecule has 2 aromatic rings. The van der Waals surface area contributed by atoms with Crippen LogP contribution >= 0.6 is 0 Å². The maximum atomic E-state index is 13.0. The molecular weight excluding hydrogens is 307 g/mol. The van der Waals surface area contributed by atoms with E-state index in [9.17, 15) is 9.18 Å². The van der Waals surface area contributed by atoms with Crippen molar-refractivity contribution in [2.75, 3.05) is 31.1 Å². The van der Waals surface area contributed by atoms with Crippen molar-refractivity contribution in [3.63, 3.8) is 0 Å². The van der Waals surface area contributed by atoms with Crippen LogP contribution in [0.1, 0.15) is 17.3 Å². The van der Waals surface area contributed by atoms with Crippen LogP contribution in [0.3, 0.4) is 0 Å². The van der Waals surface area contributed by atoms with Gasteiger partial charge < -0.3 is 4.90 Å². The number of hydrogen-bond acceptors (Lipinski definition) is 4. The highest BCUT2D eigenvalue weighted by molar-refractivity contribution is 5.94. The van der Waals surface area contributed by atoms with Crippen LogP contribution in [0.4, 0.5) is 15.8 Å². The van der Waals surface area contributed by atoms with Gasteiger partial charge in [-0.2, -0.15) is 0 Å². The maximum absolute atomic E-state index is 13.0. The Morgan fingerprint density at radius 2 is 1.58 bits per heavy atom. The van der Waals surface area contributed by atoms with Crippen molar-refractivity contribution >= 4 is 17.2 Å². The van der Waals surface area contributed by atoms with Crippen molar-refractivity contribution < 1.29 is 9.18 Å². The molecule has 3 rings (SSSR count). The van der Waals surface area contributed by atoms with E-state index in [4.69, 9.17) is 0 Å². The predicted molar refractivity (Wildman–Crippen MR) is 91.1 cm³/mol. The second-order valence-electron chi connectivity index (χ2n) is 5.71. The first kappa shape index (κ1) is 16.1. The zero-order valence-electron chi connectivity index (χ0n) is 13.5. The Kier molecular flexibility index (Phi) is 4.84. The first-order chi connectivity index (χ1) is 11.6. The number of anilines is 1. The highest BCUT2D eigenvalue weighted by atomic mass is 19.1.